The molecule has 0 aliphatic carbocycles. The van der Waals surface area contributed by atoms with E-state index in [0.29, 0.717) is 35.7 Å². The third kappa shape index (κ3) is 2.90. The molecular formula is C9H10ClN5O. The van der Waals surface area contributed by atoms with Crippen LogP contribution < -0.4 is 5.32 Å². The highest BCUT2D eigenvalue weighted by Crippen LogP contribution is 2.06. The average molecular weight is 240 g/mol. The van der Waals surface area contributed by atoms with Gasteiger partial charge in [0.05, 0.1) is 0 Å². The van der Waals surface area contributed by atoms with Crippen LogP contribution in [-0.2, 0) is 6.42 Å². The summed E-state index contributed by atoms with van der Waals surface area (Å²) in [6.07, 6.45) is 0.668. The molecule has 0 aliphatic heterocycles. The van der Waals surface area contributed by atoms with Gasteiger partial charge in [-0.05, 0) is 12.1 Å². The van der Waals surface area contributed by atoms with Crippen molar-refractivity contribution in [1.29, 1.82) is 0 Å². The predicted octanol–water partition coefficient (Wildman–Crippen LogP) is 1.48. The van der Waals surface area contributed by atoms with Crippen LogP contribution in [0.15, 0.2) is 16.7 Å². The van der Waals surface area contributed by atoms with Gasteiger partial charge >= 0.3 is 0 Å². The van der Waals surface area contributed by atoms with Crippen molar-refractivity contribution in [3.8, 4) is 0 Å². The summed E-state index contributed by atoms with van der Waals surface area (Å²) in [5.74, 6) is 1.91. The van der Waals surface area contributed by atoms with Gasteiger partial charge in [-0.1, -0.05) is 16.8 Å². The SMILES string of the molecule is Cc1nc(CCNc2ccc(Cl)nn2)no1. The van der Waals surface area contributed by atoms with Gasteiger partial charge in [0.15, 0.2) is 11.0 Å². The summed E-state index contributed by atoms with van der Waals surface area (Å²) in [6, 6.07) is 3.44. The average Bonchev–Trinajstić information content (AvgIpc) is 2.67. The summed E-state index contributed by atoms with van der Waals surface area (Å²) in [6.45, 7) is 2.42. The molecule has 0 bridgehead atoms. The third-order valence-electron chi connectivity index (χ3n) is 1.86. The number of rotatable bonds is 4. The second kappa shape index (κ2) is 4.89. The first kappa shape index (κ1) is 10.8. The zero-order valence-corrected chi connectivity index (χ0v) is 9.40. The van der Waals surface area contributed by atoms with Crippen LogP contribution in [0.4, 0.5) is 5.82 Å². The molecule has 2 aromatic heterocycles. The molecule has 0 saturated heterocycles. The Labute approximate surface area is 97.0 Å². The summed E-state index contributed by atoms with van der Waals surface area (Å²) >= 11 is 5.61. The van der Waals surface area contributed by atoms with E-state index in [9.17, 15) is 0 Å². The molecule has 16 heavy (non-hydrogen) atoms. The normalized spacial score (nSPS) is 10.4. The first-order valence-corrected chi connectivity index (χ1v) is 5.14. The number of nitrogens with zero attached hydrogens (tertiary/aromatic N) is 4. The number of halogens is 1. The zero-order valence-electron chi connectivity index (χ0n) is 8.64. The van der Waals surface area contributed by atoms with Crippen LogP contribution in [0.1, 0.15) is 11.7 Å². The highest BCUT2D eigenvalue weighted by molar-refractivity contribution is 6.29. The summed E-state index contributed by atoms with van der Waals surface area (Å²) in [4.78, 5) is 4.08. The minimum Gasteiger partial charge on any atom is -0.368 e. The Morgan fingerprint density at radius 1 is 1.38 bits per heavy atom. The van der Waals surface area contributed by atoms with Gasteiger partial charge in [0.1, 0.15) is 5.82 Å². The lowest BCUT2D eigenvalue weighted by Crippen LogP contribution is -2.07. The van der Waals surface area contributed by atoms with E-state index < -0.39 is 0 Å². The number of anilines is 1. The van der Waals surface area contributed by atoms with Crippen molar-refractivity contribution >= 4 is 17.4 Å². The Bertz CT molecular complexity index is 455. The van der Waals surface area contributed by atoms with E-state index in [1.165, 1.54) is 0 Å². The molecule has 2 heterocycles. The van der Waals surface area contributed by atoms with Gasteiger partial charge in [-0.3, -0.25) is 0 Å². The van der Waals surface area contributed by atoms with Crippen LogP contribution in [0.5, 0.6) is 0 Å². The lowest BCUT2D eigenvalue weighted by Gasteiger charge is -2.01. The summed E-state index contributed by atoms with van der Waals surface area (Å²) in [5.41, 5.74) is 0. The first-order valence-electron chi connectivity index (χ1n) is 4.76. The van der Waals surface area contributed by atoms with Crippen molar-refractivity contribution in [3.63, 3.8) is 0 Å². The van der Waals surface area contributed by atoms with Crippen LogP contribution in [0.25, 0.3) is 0 Å². The number of aromatic nitrogens is 4. The van der Waals surface area contributed by atoms with E-state index in [4.69, 9.17) is 16.1 Å². The molecule has 2 rings (SSSR count). The Kier molecular flexibility index (Phi) is 3.31. The van der Waals surface area contributed by atoms with E-state index in [-0.39, 0.29) is 0 Å². The molecule has 7 heteroatoms. The Balaban J connectivity index is 1.82. The highest BCUT2D eigenvalue weighted by atomic mass is 35.5. The van der Waals surface area contributed by atoms with Gasteiger partial charge in [-0.15, -0.1) is 10.2 Å². The van der Waals surface area contributed by atoms with E-state index in [1.54, 1.807) is 19.1 Å². The van der Waals surface area contributed by atoms with Crippen molar-refractivity contribution in [2.24, 2.45) is 0 Å². The van der Waals surface area contributed by atoms with Gasteiger partial charge in [-0.2, -0.15) is 4.98 Å². The van der Waals surface area contributed by atoms with Crippen LogP contribution in [0, 0.1) is 6.92 Å². The van der Waals surface area contributed by atoms with Gasteiger partial charge < -0.3 is 9.84 Å². The van der Waals surface area contributed by atoms with E-state index in [1.807, 2.05) is 0 Å². The topological polar surface area (TPSA) is 76.7 Å². The van der Waals surface area contributed by atoms with Gasteiger partial charge in [0.2, 0.25) is 5.89 Å². The number of nitrogens with one attached hydrogen (secondary N) is 1. The van der Waals surface area contributed by atoms with E-state index >= 15 is 0 Å². The van der Waals surface area contributed by atoms with Crippen molar-refractivity contribution in [2.75, 3.05) is 11.9 Å². The quantitative estimate of drug-likeness (QED) is 0.871. The van der Waals surface area contributed by atoms with Crippen LogP contribution in [-0.4, -0.2) is 26.9 Å². The molecule has 0 aliphatic rings. The molecule has 6 nitrogen and oxygen atoms in total. The van der Waals surface area contributed by atoms with Crippen molar-refractivity contribution < 1.29 is 4.52 Å². The fourth-order valence-corrected chi connectivity index (χ4v) is 1.26. The molecule has 0 fully saturated rings. The van der Waals surface area contributed by atoms with E-state index in [0.717, 1.165) is 0 Å². The lowest BCUT2D eigenvalue weighted by atomic mass is 10.4. The summed E-state index contributed by atoms with van der Waals surface area (Å²) in [7, 11) is 0. The molecule has 0 saturated carbocycles. The Morgan fingerprint density at radius 2 is 2.25 bits per heavy atom. The molecular weight excluding hydrogens is 230 g/mol. The monoisotopic (exact) mass is 239 g/mol. The number of aryl methyl sites for hydroxylation is 1. The van der Waals surface area contributed by atoms with Crippen molar-refractivity contribution in [2.45, 2.75) is 13.3 Å². The predicted molar refractivity (Wildman–Crippen MR) is 58.3 cm³/mol. The maximum atomic E-state index is 5.61. The van der Waals surface area contributed by atoms with Crippen molar-refractivity contribution in [3.05, 3.63) is 29.0 Å². The second-order valence-corrected chi connectivity index (χ2v) is 3.53. The molecule has 0 radical (unpaired) electrons. The van der Waals surface area contributed by atoms with Crippen LogP contribution in [0.2, 0.25) is 5.15 Å². The van der Waals surface area contributed by atoms with Crippen LogP contribution >= 0.6 is 11.6 Å². The van der Waals surface area contributed by atoms with Gasteiger partial charge in [0.25, 0.3) is 0 Å². The maximum absolute atomic E-state index is 5.61. The molecule has 84 valence electrons. The maximum Gasteiger partial charge on any atom is 0.223 e. The molecule has 0 aromatic carbocycles. The minimum absolute atomic E-state index is 0.374. The molecule has 2 aromatic rings. The first-order chi connectivity index (χ1) is 7.74. The summed E-state index contributed by atoms with van der Waals surface area (Å²) < 4.78 is 4.85. The molecule has 0 spiro atoms. The van der Waals surface area contributed by atoms with E-state index in [2.05, 4.69) is 25.7 Å². The highest BCUT2D eigenvalue weighted by Gasteiger charge is 2.01. The van der Waals surface area contributed by atoms with Gasteiger partial charge in [-0.25, -0.2) is 0 Å². The largest absolute Gasteiger partial charge is 0.368 e. The molecule has 0 unspecified atom stereocenters. The molecule has 0 amide bonds. The summed E-state index contributed by atoms with van der Waals surface area (Å²) in [5, 5.41) is 14.8. The second-order valence-electron chi connectivity index (χ2n) is 3.15. The Morgan fingerprint density at radius 3 is 2.88 bits per heavy atom. The number of hydrogen-bond donors (Lipinski definition) is 1. The van der Waals surface area contributed by atoms with Gasteiger partial charge in [0, 0.05) is 19.9 Å². The third-order valence-corrected chi connectivity index (χ3v) is 2.06. The molecule has 1 N–H and O–H groups in total. The van der Waals surface area contributed by atoms with Crippen LogP contribution in [0.3, 0.4) is 0 Å². The lowest BCUT2D eigenvalue weighted by molar-refractivity contribution is 0.387. The fraction of sp³-hybridized carbons (Fsp3) is 0.333. The minimum atomic E-state index is 0.374. The standard InChI is InChI=1S/C9H10ClN5O/c1-6-12-9(15-16-6)4-5-11-8-3-2-7(10)13-14-8/h2-3H,4-5H2,1H3,(H,11,14). The number of hydrogen-bond acceptors (Lipinski definition) is 6. The zero-order chi connectivity index (χ0) is 11.4. The fourth-order valence-electron chi connectivity index (χ4n) is 1.16. The smallest absolute Gasteiger partial charge is 0.223 e. The Hall–Kier alpha value is -1.69. The van der Waals surface area contributed by atoms with Crippen molar-refractivity contribution in [1.82, 2.24) is 20.3 Å². The molecule has 0 atom stereocenters.